The Labute approximate surface area is 125 Å². The summed E-state index contributed by atoms with van der Waals surface area (Å²) >= 11 is 0. The van der Waals surface area contributed by atoms with Gasteiger partial charge in [-0.05, 0) is 33.3 Å². The third kappa shape index (κ3) is 3.00. The monoisotopic (exact) mass is 289 g/mol. The van der Waals surface area contributed by atoms with Crippen molar-refractivity contribution >= 4 is 11.8 Å². The van der Waals surface area contributed by atoms with Crippen LogP contribution in [-0.2, 0) is 9.59 Å². The molecule has 4 heteroatoms. The van der Waals surface area contributed by atoms with Crippen LogP contribution in [0.1, 0.15) is 52.1 Å². The molecule has 0 radical (unpaired) electrons. The third-order valence-electron chi connectivity index (χ3n) is 4.17. The zero-order valence-corrected chi connectivity index (χ0v) is 13.1. The fourth-order valence-electron chi connectivity index (χ4n) is 3.75. The maximum Gasteiger partial charge on any atom is 0.325 e. The van der Waals surface area contributed by atoms with Gasteiger partial charge in [0.1, 0.15) is 11.8 Å². The molecule has 1 heterocycles. The molecule has 1 aliphatic heterocycles. The number of benzene rings is 1. The van der Waals surface area contributed by atoms with Gasteiger partial charge >= 0.3 is 5.97 Å². The average molecular weight is 289 g/mol. The molecule has 1 aromatic carbocycles. The summed E-state index contributed by atoms with van der Waals surface area (Å²) in [6, 6.07) is 8.49. The zero-order valence-electron chi connectivity index (χ0n) is 13.1. The molecule has 1 aromatic rings. The van der Waals surface area contributed by atoms with Crippen LogP contribution in [0.3, 0.4) is 0 Å². The summed E-state index contributed by atoms with van der Waals surface area (Å²) in [5.74, 6) is -0.685. The van der Waals surface area contributed by atoms with E-state index in [2.05, 4.69) is 0 Å². The fraction of sp³-hybridized carbons (Fsp3) is 0.529. The highest BCUT2D eigenvalue weighted by atomic mass is 16.4. The van der Waals surface area contributed by atoms with Crippen LogP contribution in [0.2, 0.25) is 0 Å². The van der Waals surface area contributed by atoms with E-state index in [1.807, 2.05) is 62.9 Å². The van der Waals surface area contributed by atoms with Crippen LogP contribution in [0.4, 0.5) is 0 Å². The number of hydrogen-bond donors (Lipinski definition) is 1. The summed E-state index contributed by atoms with van der Waals surface area (Å²) in [7, 11) is 0. The molecule has 1 unspecified atom stereocenters. The molecule has 21 heavy (non-hydrogen) atoms. The van der Waals surface area contributed by atoms with Crippen molar-refractivity contribution in [1.82, 2.24) is 4.90 Å². The van der Waals surface area contributed by atoms with Crippen LogP contribution in [0.15, 0.2) is 30.3 Å². The van der Waals surface area contributed by atoms with Gasteiger partial charge in [0.25, 0.3) is 0 Å². The second-order valence-electron chi connectivity index (χ2n) is 7.04. The largest absolute Gasteiger partial charge is 0.480 e. The summed E-state index contributed by atoms with van der Waals surface area (Å²) < 4.78 is 0. The van der Waals surface area contributed by atoms with E-state index in [0.29, 0.717) is 12.8 Å². The molecule has 1 N–H and O–H groups in total. The lowest BCUT2D eigenvalue weighted by molar-refractivity contribution is -0.159. The van der Waals surface area contributed by atoms with Crippen LogP contribution in [0, 0.1) is 0 Å². The molecule has 0 spiro atoms. The number of rotatable bonds is 3. The quantitative estimate of drug-likeness (QED) is 0.929. The number of aliphatic carboxylic acids is 1. The van der Waals surface area contributed by atoms with Gasteiger partial charge in [0.05, 0.1) is 0 Å². The molecule has 4 nitrogen and oxygen atoms in total. The van der Waals surface area contributed by atoms with Crippen LogP contribution >= 0.6 is 0 Å². The average Bonchev–Trinajstić information content (AvgIpc) is 2.32. The number of Topliss-reactive ketones (excluding diaryl/α,β-unsaturated/α-hetero) is 1. The Morgan fingerprint density at radius 2 is 1.57 bits per heavy atom. The van der Waals surface area contributed by atoms with Gasteiger partial charge in [-0.3, -0.25) is 14.5 Å². The number of carboxylic acid groups (broad SMARTS) is 1. The van der Waals surface area contributed by atoms with Gasteiger partial charge in [0.15, 0.2) is 0 Å². The Morgan fingerprint density at radius 1 is 1.10 bits per heavy atom. The summed E-state index contributed by atoms with van der Waals surface area (Å²) in [5.41, 5.74) is -0.226. The van der Waals surface area contributed by atoms with E-state index in [9.17, 15) is 14.7 Å². The van der Waals surface area contributed by atoms with Gasteiger partial charge in [-0.15, -0.1) is 0 Å². The summed E-state index contributed by atoms with van der Waals surface area (Å²) in [5, 5.41) is 9.78. The first-order chi connectivity index (χ1) is 9.65. The van der Waals surface area contributed by atoms with Crippen molar-refractivity contribution in [3.8, 4) is 0 Å². The van der Waals surface area contributed by atoms with E-state index < -0.39 is 23.1 Å². The standard InChI is InChI=1S/C17H23NO3/c1-16(2)10-13(19)11-17(3,4)18(16)14(15(20)21)12-8-6-5-7-9-12/h5-9,14H,10-11H2,1-4H3,(H,20,21). The van der Waals surface area contributed by atoms with Crippen LogP contribution in [-0.4, -0.2) is 32.8 Å². The molecular weight excluding hydrogens is 266 g/mol. The third-order valence-corrected chi connectivity index (χ3v) is 4.17. The zero-order chi connectivity index (χ0) is 15.8. The molecule has 0 saturated carbocycles. The molecule has 0 aromatic heterocycles. The Morgan fingerprint density at radius 3 is 2.00 bits per heavy atom. The Balaban J connectivity index is 2.52. The fourth-order valence-corrected chi connectivity index (χ4v) is 3.75. The van der Waals surface area contributed by atoms with E-state index in [-0.39, 0.29) is 5.78 Å². The first-order valence-corrected chi connectivity index (χ1v) is 7.24. The van der Waals surface area contributed by atoms with Crippen molar-refractivity contribution in [2.75, 3.05) is 0 Å². The van der Waals surface area contributed by atoms with Crippen molar-refractivity contribution in [2.45, 2.75) is 57.7 Å². The maximum absolute atomic E-state index is 12.0. The van der Waals surface area contributed by atoms with Crippen molar-refractivity contribution in [1.29, 1.82) is 0 Å². The molecule has 1 saturated heterocycles. The van der Waals surface area contributed by atoms with E-state index in [1.54, 1.807) is 0 Å². The van der Waals surface area contributed by atoms with Gasteiger partial charge in [-0.25, -0.2) is 0 Å². The molecule has 114 valence electrons. The number of carboxylic acids is 1. The van der Waals surface area contributed by atoms with Gasteiger partial charge in [-0.1, -0.05) is 30.3 Å². The minimum atomic E-state index is -0.878. The maximum atomic E-state index is 12.0. The minimum Gasteiger partial charge on any atom is -0.480 e. The molecule has 1 fully saturated rings. The van der Waals surface area contributed by atoms with Crippen LogP contribution < -0.4 is 0 Å². The molecular formula is C17H23NO3. The highest BCUT2D eigenvalue weighted by molar-refractivity contribution is 5.83. The molecule has 0 amide bonds. The number of hydrogen-bond acceptors (Lipinski definition) is 3. The normalized spacial score (nSPS) is 22.8. The second-order valence-corrected chi connectivity index (χ2v) is 7.04. The Kier molecular flexibility index (Phi) is 3.93. The van der Waals surface area contributed by atoms with E-state index >= 15 is 0 Å². The van der Waals surface area contributed by atoms with Crippen molar-refractivity contribution in [3.05, 3.63) is 35.9 Å². The molecule has 1 atom stereocenters. The molecule has 0 bridgehead atoms. The smallest absolute Gasteiger partial charge is 0.325 e. The van der Waals surface area contributed by atoms with E-state index in [4.69, 9.17) is 0 Å². The Hall–Kier alpha value is -1.68. The summed E-state index contributed by atoms with van der Waals surface area (Å²) in [6.45, 7) is 7.80. The predicted molar refractivity (Wildman–Crippen MR) is 81.1 cm³/mol. The summed E-state index contributed by atoms with van der Waals surface area (Å²) in [4.78, 5) is 25.9. The first-order valence-electron chi connectivity index (χ1n) is 7.24. The van der Waals surface area contributed by atoms with Crippen molar-refractivity contribution in [2.24, 2.45) is 0 Å². The minimum absolute atomic E-state index is 0.193. The Bertz CT molecular complexity index is 528. The molecule has 1 aliphatic rings. The predicted octanol–water partition coefficient (Wildman–Crippen LogP) is 3.03. The lowest BCUT2D eigenvalue weighted by Crippen LogP contribution is -2.63. The second kappa shape index (κ2) is 5.26. The van der Waals surface area contributed by atoms with E-state index in [0.717, 1.165) is 5.56 Å². The summed E-state index contributed by atoms with van der Waals surface area (Å²) in [6.07, 6.45) is 0.764. The topological polar surface area (TPSA) is 57.6 Å². The first kappa shape index (κ1) is 15.7. The highest BCUT2D eigenvalue weighted by Crippen LogP contribution is 2.43. The number of carbonyl (C=O) groups excluding carboxylic acids is 1. The van der Waals surface area contributed by atoms with Gasteiger partial charge in [-0.2, -0.15) is 0 Å². The van der Waals surface area contributed by atoms with Crippen LogP contribution in [0.5, 0.6) is 0 Å². The number of nitrogens with zero attached hydrogens (tertiary/aromatic N) is 1. The molecule has 2 rings (SSSR count). The number of piperidine rings is 1. The number of ketones is 1. The lowest BCUT2D eigenvalue weighted by Gasteiger charge is -2.54. The van der Waals surface area contributed by atoms with Gasteiger partial charge < -0.3 is 5.11 Å². The molecule has 0 aliphatic carbocycles. The number of carbonyl (C=O) groups is 2. The van der Waals surface area contributed by atoms with Gasteiger partial charge in [0, 0.05) is 23.9 Å². The number of likely N-dealkylation sites (tertiary alicyclic amines) is 1. The highest BCUT2D eigenvalue weighted by Gasteiger charge is 2.50. The van der Waals surface area contributed by atoms with Crippen molar-refractivity contribution in [3.63, 3.8) is 0 Å². The van der Waals surface area contributed by atoms with E-state index in [1.165, 1.54) is 0 Å². The van der Waals surface area contributed by atoms with Gasteiger partial charge in [0.2, 0.25) is 0 Å². The lowest BCUT2D eigenvalue weighted by atomic mass is 9.77. The van der Waals surface area contributed by atoms with Crippen molar-refractivity contribution < 1.29 is 14.7 Å². The SMILES string of the molecule is CC1(C)CC(=O)CC(C)(C)N1C(C(=O)O)c1ccccc1. The van der Waals surface area contributed by atoms with Crippen LogP contribution in [0.25, 0.3) is 0 Å².